The largest absolute Gasteiger partial charge is 0.466 e. The fraction of sp³-hybridized carbons (Fsp3) is 0.929. The topological polar surface area (TPSA) is 38.8 Å². The normalized spacial score (nSPS) is 33.6. The van der Waals surface area contributed by atoms with Crippen molar-refractivity contribution in [2.75, 3.05) is 26.3 Å². The Bertz CT molecular complexity index is 289. The number of carbonyl (C=O) groups is 1. The molecular formula is C14H25NO3. The summed E-state index contributed by atoms with van der Waals surface area (Å²) in [5.41, 5.74) is -0.0135. The SMILES string of the molecule is CCOC(=O)CC1(N2CCCC2)CCOC(C)C1. The molecule has 0 bridgehead atoms. The number of likely N-dealkylation sites (tertiary alicyclic amines) is 1. The van der Waals surface area contributed by atoms with Crippen LogP contribution in [-0.2, 0) is 14.3 Å². The molecule has 0 amide bonds. The van der Waals surface area contributed by atoms with Gasteiger partial charge in [0.2, 0.25) is 0 Å². The molecule has 0 saturated carbocycles. The predicted molar refractivity (Wildman–Crippen MR) is 69.4 cm³/mol. The van der Waals surface area contributed by atoms with Crippen molar-refractivity contribution in [2.45, 2.75) is 57.6 Å². The first-order valence-electron chi connectivity index (χ1n) is 7.18. The van der Waals surface area contributed by atoms with Crippen LogP contribution in [0.4, 0.5) is 0 Å². The highest BCUT2D eigenvalue weighted by Crippen LogP contribution is 2.36. The Morgan fingerprint density at radius 2 is 2.17 bits per heavy atom. The molecule has 0 spiro atoms. The fourth-order valence-corrected chi connectivity index (χ4v) is 3.38. The van der Waals surface area contributed by atoms with Crippen LogP contribution in [-0.4, -0.2) is 48.8 Å². The third-order valence-electron chi connectivity index (χ3n) is 4.19. The molecule has 0 radical (unpaired) electrons. The van der Waals surface area contributed by atoms with Gasteiger partial charge in [0.05, 0.1) is 19.1 Å². The van der Waals surface area contributed by atoms with E-state index in [0.29, 0.717) is 13.0 Å². The minimum absolute atomic E-state index is 0.0135. The lowest BCUT2D eigenvalue weighted by molar-refractivity contribution is -0.150. The zero-order valence-corrected chi connectivity index (χ0v) is 11.6. The molecule has 2 saturated heterocycles. The number of esters is 1. The molecule has 0 N–H and O–H groups in total. The van der Waals surface area contributed by atoms with Crippen molar-refractivity contribution >= 4 is 5.97 Å². The second kappa shape index (κ2) is 6.02. The van der Waals surface area contributed by atoms with E-state index in [1.807, 2.05) is 6.92 Å². The van der Waals surface area contributed by atoms with Gasteiger partial charge in [0, 0.05) is 12.1 Å². The lowest BCUT2D eigenvalue weighted by atomic mass is 9.82. The second-order valence-electron chi connectivity index (χ2n) is 5.54. The highest BCUT2D eigenvalue weighted by Gasteiger charge is 2.43. The number of hydrogen-bond acceptors (Lipinski definition) is 4. The van der Waals surface area contributed by atoms with Crippen molar-refractivity contribution in [1.29, 1.82) is 0 Å². The molecule has 0 aromatic carbocycles. The summed E-state index contributed by atoms with van der Waals surface area (Å²) >= 11 is 0. The Kier molecular flexibility index (Phi) is 4.62. The quantitative estimate of drug-likeness (QED) is 0.720. The molecule has 2 aliphatic rings. The Labute approximate surface area is 110 Å². The van der Waals surface area contributed by atoms with Crippen LogP contribution in [0, 0.1) is 0 Å². The highest BCUT2D eigenvalue weighted by atomic mass is 16.5. The van der Waals surface area contributed by atoms with Crippen molar-refractivity contribution in [3.8, 4) is 0 Å². The van der Waals surface area contributed by atoms with E-state index in [2.05, 4.69) is 11.8 Å². The summed E-state index contributed by atoms with van der Waals surface area (Å²) in [6.07, 6.45) is 5.17. The molecule has 2 unspecified atom stereocenters. The maximum absolute atomic E-state index is 11.9. The monoisotopic (exact) mass is 255 g/mol. The maximum Gasteiger partial charge on any atom is 0.307 e. The van der Waals surface area contributed by atoms with Gasteiger partial charge in [-0.25, -0.2) is 0 Å². The zero-order valence-electron chi connectivity index (χ0n) is 11.6. The number of nitrogens with zero attached hydrogens (tertiary/aromatic N) is 1. The van der Waals surface area contributed by atoms with Gasteiger partial charge >= 0.3 is 5.97 Å². The molecule has 2 atom stereocenters. The van der Waals surface area contributed by atoms with E-state index in [4.69, 9.17) is 9.47 Å². The van der Waals surface area contributed by atoms with Crippen LogP contribution in [0.3, 0.4) is 0 Å². The van der Waals surface area contributed by atoms with Gasteiger partial charge in [0.1, 0.15) is 0 Å². The summed E-state index contributed by atoms with van der Waals surface area (Å²) < 4.78 is 10.8. The van der Waals surface area contributed by atoms with Crippen LogP contribution in [0.5, 0.6) is 0 Å². The Morgan fingerprint density at radius 1 is 1.44 bits per heavy atom. The Morgan fingerprint density at radius 3 is 2.78 bits per heavy atom. The maximum atomic E-state index is 11.9. The number of rotatable bonds is 4. The van der Waals surface area contributed by atoms with Gasteiger partial charge in [-0.15, -0.1) is 0 Å². The third-order valence-corrected chi connectivity index (χ3v) is 4.19. The summed E-state index contributed by atoms with van der Waals surface area (Å²) in [5.74, 6) is -0.0569. The van der Waals surface area contributed by atoms with E-state index in [9.17, 15) is 4.79 Å². The number of ether oxygens (including phenoxy) is 2. The molecule has 104 valence electrons. The lowest BCUT2D eigenvalue weighted by Gasteiger charge is -2.46. The third kappa shape index (κ3) is 3.04. The summed E-state index contributed by atoms with van der Waals surface area (Å²) in [7, 11) is 0. The summed E-state index contributed by atoms with van der Waals surface area (Å²) in [6.45, 7) is 7.44. The highest BCUT2D eigenvalue weighted by molar-refractivity contribution is 5.71. The molecule has 2 fully saturated rings. The summed E-state index contributed by atoms with van der Waals surface area (Å²) in [4.78, 5) is 14.4. The second-order valence-corrected chi connectivity index (χ2v) is 5.54. The van der Waals surface area contributed by atoms with Crippen LogP contribution in [0.1, 0.15) is 46.0 Å². The van der Waals surface area contributed by atoms with Crippen molar-refractivity contribution in [1.82, 2.24) is 4.90 Å². The van der Waals surface area contributed by atoms with Crippen molar-refractivity contribution in [2.24, 2.45) is 0 Å². The molecular weight excluding hydrogens is 230 g/mol. The van der Waals surface area contributed by atoms with Gasteiger partial charge in [-0.05, 0) is 52.6 Å². The lowest BCUT2D eigenvalue weighted by Crippen LogP contribution is -2.54. The summed E-state index contributed by atoms with van der Waals surface area (Å²) in [6, 6.07) is 0. The predicted octanol–water partition coefficient (Wildman–Crippen LogP) is 1.97. The minimum atomic E-state index is -0.0569. The summed E-state index contributed by atoms with van der Waals surface area (Å²) in [5, 5.41) is 0. The first-order valence-corrected chi connectivity index (χ1v) is 7.18. The average Bonchev–Trinajstić information content (AvgIpc) is 2.82. The van der Waals surface area contributed by atoms with Gasteiger partial charge in [0.25, 0.3) is 0 Å². The molecule has 2 aliphatic heterocycles. The fourth-order valence-electron chi connectivity index (χ4n) is 3.38. The zero-order chi connectivity index (χ0) is 13.0. The van der Waals surface area contributed by atoms with E-state index in [0.717, 1.165) is 32.5 Å². The van der Waals surface area contributed by atoms with Crippen molar-refractivity contribution in [3.05, 3.63) is 0 Å². The van der Waals surface area contributed by atoms with E-state index in [1.165, 1.54) is 12.8 Å². The number of hydrogen-bond donors (Lipinski definition) is 0. The minimum Gasteiger partial charge on any atom is -0.466 e. The van der Waals surface area contributed by atoms with Crippen LogP contribution in [0.25, 0.3) is 0 Å². The molecule has 4 nitrogen and oxygen atoms in total. The molecule has 18 heavy (non-hydrogen) atoms. The van der Waals surface area contributed by atoms with Crippen LogP contribution in [0.2, 0.25) is 0 Å². The van der Waals surface area contributed by atoms with Crippen LogP contribution in [0.15, 0.2) is 0 Å². The van der Waals surface area contributed by atoms with Crippen LogP contribution >= 0.6 is 0 Å². The van der Waals surface area contributed by atoms with Crippen LogP contribution < -0.4 is 0 Å². The van der Waals surface area contributed by atoms with Gasteiger partial charge in [-0.1, -0.05) is 0 Å². The van der Waals surface area contributed by atoms with Gasteiger partial charge in [-0.2, -0.15) is 0 Å². The molecule has 2 rings (SSSR count). The molecule has 0 aromatic heterocycles. The Balaban J connectivity index is 2.08. The van der Waals surface area contributed by atoms with Gasteiger partial charge in [-0.3, -0.25) is 9.69 Å². The standard InChI is InChI=1S/C14H25NO3/c1-3-17-13(16)11-14(15-7-4-5-8-15)6-9-18-12(2)10-14/h12H,3-11H2,1-2H3. The van der Waals surface area contributed by atoms with Crippen molar-refractivity contribution < 1.29 is 14.3 Å². The van der Waals surface area contributed by atoms with E-state index < -0.39 is 0 Å². The van der Waals surface area contributed by atoms with Gasteiger partial charge in [0.15, 0.2) is 0 Å². The number of carbonyl (C=O) groups excluding carboxylic acids is 1. The molecule has 4 heteroatoms. The first kappa shape index (κ1) is 13.8. The van der Waals surface area contributed by atoms with Gasteiger partial charge < -0.3 is 9.47 Å². The smallest absolute Gasteiger partial charge is 0.307 e. The molecule has 0 aliphatic carbocycles. The van der Waals surface area contributed by atoms with Crippen molar-refractivity contribution in [3.63, 3.8) is 0 Å². The molecule has 0 aromatic rings. The van der Waals surface area contributed by atoms with E-state index in [1.54, 1.807) is 0 Å². The Hall–Kier alpha value is -0.610. The molecule has 2 heterocycles. The average molecular weight is 255 g/mol. The van der Waals surface area contributed by atoms with E-state index >= 15 is 0 Å². The van der Waals surface area contributed by atoms with E-state index in [-0.39, 0.29) is 17.6 Å². The first-order chi connectivity index (χ1) is 8.66.